The summed E-state index contributed by atoms with van der Waals surface area (Å²) in [5.74, 6) is 0.854. The van der Waals surface area contributed by atoms with Crippen LogP contribution in [0.5, 0.6) is 5.75 Å². The predicted octanol–water partition coefficient (Wildman–Crippen LogP) is 3.48. The summed E-state index contributed by atoms with van der Waals surface area (Å²) < 4.78 is 6.23. The number of halogens is 1. The number of fused-ring (bicyclic) bond motifs is 4. The average molecular weight is 297 g/mol. The number of nitrogens with one attached hydrogen (secondary N) is 1. The Bertz CT molecular complexity index is 548. The van der Waals surface area contributed by atoms with E-state index < -0.39 is 5.72 Å². The van der Waals surface area contributed by atoms with Gasteiger partial charge in [-0.2, -0.15) is 0 Å². The van der Waals surface area contributed by atoms with Crippen molar-refractivity contribution < 1.29 is 4.74 Å². The minimum atomic E-state index is -0.404. The van der Waals surface area contributed by atoms with E-state index in [1.165, 1.54) is 0 Å². The van der Waals surface area contributed by atoms with Crippen LogP contribution in [0.25, 0.3) is 0 Å². The lowest BCUT2D eigenvalue weighted by atomic mass is 9.90. The van der Waals surface area contributed by atoms with E-state index in [2.05, 4.69) is 31.0 Å². The molecule has 5 heteroatoms. The fraction of sp³-hybridized carbons (Fsp3) is 0.500. The highest BCUT2D eigenvalue weighted by Gasteiger charge is 2.48. The molecule has 3 rings (SSSR count). The standard InChI is InChI=1S/C14H17ClN2OS/c1-8(2)17-13(19)16-10-7-14(17,3)18-11-6-4-5-9(15)12(10)11/h4-6,8,10H,7H2,1-3H3,(H,16,19). The Morgan fingerprint density at radius 2 is 2.26 bits per heavy atom. The van der Waals surface area contributed by atoms with Crippen molar-refractivity contribution in [3.63, 3.8) is 0 Å². The molecule has 19 heavy (non-hydrogen) atoms. The SMILES string of the molecule is CC(C)N1C(=S)NC2CC1(C)Oc1cccc(Cl)c12. The van der Waals surface area contributed by atoms with Crippen molar-refractivity contribution in [2.24, 2.45) is 0 Å². The molecule has 2 bridgehead atoms. The molecule has 0 aromatic heterocycles. The van der Waals surface area contributed by atoms with Crippen molar-refractivity contribution in [2.45, 2.75) is 45.0 Å². The topological polar surface area (TPSA) is 24.5 Å². The Kier molecular flexibility index (Phi) is 2.91. The van der Waals surface area contributed by atoms with Gasteiger partial charge < -0.3 is 15.0 Å². The zero-order valence-electron chi connectivity index (χ0n) is 11.2. The van der Waals surface area contributed by atoms with Crippen molar-refractivity contribution in [3.8, 4) is 5.75 Å². The molecular formula is C14H17ClN2OS. The molecule has 2 aliphatic heterocycles. The highest BCUT2D eigenvalue weighted by Crippen LogP contribution is 2.47. The van der Waals surface area contributed by atoms with Crippen molar-refractivity contribution in [3.05, 3.63) is 28.8 Å². The normalized spacial score (nSPS) is 28.8. The maximum atomic E-state index is 6.30. The fourth-order valence-corrected chi connectivity index (χ4v) is 4.03. The van der Waals surface area contributed by atoms with Crippen LogP contribution >= 0.6 is 23.8 Å². The van der Waals surface area contributed by atoms with Crippen molar-refractivity contribution in [1.29, 1.82) is 0 Å². The monoisotopic (exact) mass is 296 g/mol. The third kappa shape index (κ3) is 1.89. The van der Waals surface area contributed by atoms with Gasteiger partial charge in [-0.05, 0) is 45.1 Å². The summed E-state index contributed by atoms with van der Waals surface area (Å²) in [5, 5.41) is 4.86. The Hall–Kier alpha value is -1.00. The van der Waals surface area contributed by atoms with Crippen molar-refractivity contribution in [1.82, 2.24) is 10.2 Å². The van der Waals surface area contributed by atoms with Gasteiger partial charge in [0.05, 0.1) is 6.04 Å². The first-order valence-electron chi connectivity index (χ1n) is 6.49. The Morgan fingerprint density at radius 3 is 2.95 bits per heavy atom. The zero-order chi connectivity index (χ0) is 13.8. The quantitative estimate of drug-likeness (QED) is 0.802. The second-order valence-electron chi connectivity index (χ2n) is 5.60. The summed E-state index contributed by atoms with van der Waals surface area (Å²) in [7, 11) is 0. The van der Waals surface area contributed by atoms with Gasteiger partial charge in [0, 0.05) is 23.0 Å². The number of benzene rings is 1. The first-order chi connectivity index (χ1) is 8.92. The van der Waals surface area contributed by atoms with Crippen LogP contribution in [0, 0.1) is 0 Å². The lowest BCUT2D eigenvalue weighted by Crippen LogP contribution is -2.66. The molecule has 1 aromatic rings. The van der Waals surface area contributed by atoms with Gasteiger partial charge in [-0.1, -0.05) is 17.7 Å². The van der Waals surface area contributed by atoms with Crippen LogP contribution in [0.4, 0.5) is 0 Å². The summed E-state index contributed by atoms with van der Waals surface area (Å²) in [4.78, 5) is 2.13. The Labute approximate surface area is 123 Å². The second-order valence-corrected chi connectivity index (χ2v) is 6.39. The highest BCUT2D eigenvalue weighted by molar-refractivity contribution is 7.80. The predicted molar refractivity (Wildman–Crippen MR) is 80.6 cm³/mol. The largest absolute Gasteiger partial charge is 0.468 e. The molecule has 0 radical (unpaired) electrons. The van der Waals surface area contributed by atoms with Crippen LogP contribution in [0.3, 0.4) is 0 Å². The molecule has 0 saturated carbocycles. The summed E-state index contributed by atoms with van der Waals surface area (Å²) in [6.45, 7) is 6.34. The van der Waals surface area contributed by atoms with E-state index in [4.69, 9.17) is 28.6 Å². The van der Waals surface area contributed by atoms with Gasteiger partial charge in [0.25, 0.3) is 0 Å². The second kappa shape index (κ2) is 4.25. The van der Waals surface area contributed by atoms with E-state index in [0.29, 0.717) is 0 Å². The molecule has 2 unspecified atom stereocenters. The maximum absolute atomic E-state index is 6.30. The molecule has 3 nitrogen and oxygen atoms in total. The first kappa shape index (κ1) is 13.0. The molecule has 1 fully saturated rings. The van der Waals surface area contributed by atoms with Gasteiger partial charge >= 0.3 is 0 Å². The average Bonchev–Trinajstić information content (AvgIpc) is 2.25. The third-order valence-electron chi connectivity index (χ3n) is 3.82. The van der Waals surface area contributed by atoms with Crippen molar-refractivity contribution >= 4 is 28.9 Å². The molecular weight excluding hydrogens is 280 g/mol. The van der Waals surface area contributed by atoms with Gasteiger partial charge in [0.1, 0.15) is 5.75 Å². The Morgan fingerprint density at radius 1 is 1.53 bits per heavy atom. The number of rotatable bonds is 1. The van der Waals surface area contributed by atoms with Crippen molar-refractivity contribution in [2.75, 3.05) is 0 Å². The van der Waals surface area contributed by atoms with Crippen LogP contribution in [-0.2, 0) is 0 Å². The third-order valence-corrected chi connectivity index (χ3v) is 4.46. The lowest BCUT2D eigenvalue weighted by molar-refractivity contribution is -0.0807. The summed E-state index contributed by atoms with van der Waals surface area (Å²) in [5.41, 5.74) is 0.617. The molecule has 0 amide bonds. The fourth-order valence-electron chi connectivity index (χ4n) is 3.19. The highest BCUT2D eigenvalue weighted by atomic mass is 35.5. The molecule has 102 valence electrons. The van der Waals surface area contributed by atoms with E-state index in [0.717, 1.165) is 27.9 Å². The number of nitrogens with zero attached hydrogens (tertiary/aromatic N) is 1. The van der Waals surface area contributed by atoms with E-state index in [1.807, 2.05) is 18.2 Å². The first-order valence-corrected chi connectivity index (χ1v) is 7.28. The summed E-state index contributed by atoms with van der Waals surface area (Å²) in [6.07, 6.45) is 0.835. The molecule has 0 aliphatic carbocycles. The van der Waals surface area contributed by atoms with E-state index in [-0.39, 0.29) is 12.1 Å². The van der Waals surface area contributed by atoms with Crippen LogP contribution in [0.15, 0.2) is 18.2 Å². The number of thiocarbonyl (C=S) groups is 1. The molecule has 2 aliphatic rings. The molecule has 1 aromatic carbocycles. The van der Waals surface area contributed by atoms with E-state index in [1.54, 1.807) is 0 Å². The van der Waals surface area contributed by atoms with Crippen LogP contribution in [-0.4, -0.2) is 21.8 Å². The van der Waals surface area contributed by atoms with Gasteiger partial charge in [-0.25, -0.2) is 0 Å². The number of ether oxygens (including phenoxy) is 1. The summed E-state index contributed by atoms with van der Waals surface area (Å²) in [6, 6.07) is 6.20. The van der Waals surface area contributed by atoms with Crippen LogP contribution in [0.2, 0.25) is 5.02 Å². The number of hydrogen-bond acceptors (Lipinski definition) is 2. The maximum Gasteiger partial charge on any atom is 0.184 e. The smallest absolute Gasteiger partial charge is 0.184 e. The van der Waals surface area contributed by atoms with Gasteiger partial charge in [0.2, 0.25) is 0 Å². The molecule has 2 heterocycles. The van der Waals surface area contributed by atoms with Gasteiger partial charge in [0.15, 0.2) is 10.8 Å². The Balaban J connectivity index is 2.11. The van der Waals surface area contributed by atoms with Gasteiger partial charge in [-0.3, -0.25) is 0 Å². The van der Waals surface area contributed by atoms with E-state index >= 15 is 0 Å². The summed E-state index contributed by atoms with van der Waals surface area (Å²) >= 11 is 11.8. The minimum absolute atomic E-state index is 0.130. The molecule has 1 saturated heterocycles. The van der Waals surface area contributed by atoms with Crippen LogP contribution in [0.1, 0.15) is 38.8 Å². The zero-order valence-corrected chi connectivity index (χ0v) is 12.8. The molecule has 2 atom stereocenters. The van der Waals surface area contributed by atoms with Gasteiger partial charge in [-0.15, -0.1) is 0 Å². The number of hydrogen-bond donors (Lipinski definition) is 1. The molecule has 0 spiro atoms. The minimum Gasteiger partial charge on any atom is -0.468 e. The molecule has 1 N–H and O–H groups in total. The lowest BCUT2D eigenvalue weighted by Gasteiger charge is -2.54. The van der Waals surface area contributed by atoms with Crippen LogP contribution < -0.4 is 10.1 Å². The van der Waals surface area contributed by atoms with E-state index in [9.17, 15) is 0 Å².